The molecule has 6 rings (SSSR count). The summed E-state index contributed by atoms with van der Waals surface area (Å²) in [4.78, 5) is 0. The Bertz CT molecular complexity index is 623. The van der Waals surface area contributed by atoms with Gasteiger partial charge in [-0.25, -0.2) is 0 Å². The zero-order valence-electron chi connectivity index (χ0n) is 18.3. The van der Waals surface area contributed by atoms with Gasteiger partial charge in [0.2, 0.25) is 0 Å². The first-order chi connectivity index (χ1) is 14.2. The van der Waals surface area contributed by atoms with E-state index in [0.717, 1.165) is 32.7 Å². The van der Waals surface area contributed by atoms with Gasteiger partial charge in [-0.1, -0.05) is 39.0 Å². The average molecular weight is 403 g/mol. The normalized spacial score (nSPS) is 52.7. The molecule has 29 heavy (non-hydrogen) atoms. The van der Waals surface area contributed by atoms with Crippen LogP contribution in [-0.2, 0) is 0 Å². The summed E-state index contributed by atoms with van der Waals surface area (Å²) in [6.07, 6.45) is 13.3. The Morgan fingerprint density at radius 3 is 2.07 bits per heavy atom. The van der Waals surface area contributed by atoms with Crippen LogP contribution in [0.4, 0.5) is 0 Å². The summed E-state index contributed by atoms with van der Waals surface area (Å²) in [7, 11) is 0. The highest BCUT2D eigenvalue weighted by atomic mass is 15.4. The highest BCUT2D eigenvalue weighted by Gasteiger charge is 2.75. The van der Waals surface area contributed by atoms with Crippen LogP contribution in [0, 0.1) is 0 Å². The highest BCUT2D eigenvalue weighted by Crippen LogP contribution is 2.56. The average Bonchev–Trinajstić information content (AvgIpc) is 3.56. The van der Waals surface area contributed by atoms with Gasteiger partial charge in [-0.2, -0.15) is 0 Å². The Balaban J connectivity index is 1.40. The van der Waals surface area contributed by atoms with Crippen molar-refractivity contribution in [2.24, 2.45) is 0 Å². The molecule has 0 aliphatic carbocycles. The van der Waals surface area contributed by atoms with Gasteiger partial charge in [0.1, 0.15) is 0 Å². The number of hydrogen-bond donors (Lipinski definition) is 6. The second-order valence-corrected chi connectivity index (χ2v) is 11.2. The zero-order chi connectivity index (χ0) is 19.6. The Morgan fingerprint density at radius 1 is 0.759 bits per heavy atom. The van der Waals surface area contributed by atoms with E-state index in [1.807, 2.05) is 0 Å². The molecule has 0 aromatic carbocycles. The van der Waals surface area contributed by atoms with Crippen LogP contribution in [0.2, 0.25) is 0 Å². The van der Waals surface area contributed by atoms with E-state index in [2.05, 4.69) is 38.8 Å². The summed E-state index contributed by atoms with van der Waals surface area (Å²) < 4.78 is 0. The molecule has 6 heterocycles. The van der Waals surface area contributed by atoms with E-state index in [1.165, 1.54) is 64.2 Å². The standard InChI is InChI=1S/C23H42N6/c1-2-3-4-5-6-8-22(20-10-18(13-26-20)24-15-20)23(9-7-17(29-23)12-28-22)21-11-19(14-27-21)25-16-21/h17-19,24-29H,2-16H2,1H3/t17?,18?,19-,20?,21?,22?,23-/m0/s1. The lowest BCUT2D eigenvalue weighted by Crippen LogP contribution is -2.90. The number of fused-ring (bicyclic) bond motifs is 7. The van der Waals surface area contributed by atoms with Gasteiger partial charge in [0, 0.05) is 50.8 Å². The minimum absolute atomic E-state index is 0.116. The van der Waals surface area contributed by atoms with Crippen molar-refractivity contribution in [3.63, 3.8) is 0 Å². The number of rotatable bonds is 8. The van der Waals surface area contributed by atoms with Crippen LogP contribution < -0.4 is 31.9 Å². The second kappa shape index (κ2) is 6.88. The first-order valence-electron chi connectivity index (χ1n) is 12.7. The van der Waals surface area contributed by atoms with E-state index >= 15 is 0 Å². The molecule has 5 unspecified atom stereocenters. The molecular weight excluding hydrogens is 360 g/mol. The molecule has 6 N–H and O–H groups in total. The molecule has 0 spiro atoms. The molecule has 7 atom stereocenters. The van der Waals surface area contributed by atoms with E-state index in [4.69, 9.17) is 0 Å². The minimum atomic E-state index is 0.116. The largest absolute Gasteiger partial charge is 0.311 e. The van der Waals surface area contributed by atoms with Gasteiger partial charge < -0.3 is 31.9 Å². The van der Waals surface area contributed by atoms with Gasteiger partial charge >= 0.3 is 0 Å². The maximum absolute atomic E-state index is 4.33. The number of nitrogens with one attached hydrogen (secondary N) is 6. The van der Waals surface area contributed by atoms with Gasteiger partial charge in [-0.05, 0) is 32.1 Å². The van der Waals surface area contributed by atoms with Crippen LogP contribution in [-0.4, -0.2) is 73.0 Å². The third-order valence-corrected chi connectivity index (χ3v) is 9.93. The predicted molar refractivity (Wildman–Crippen MR) is 117 cm³/mol. The third kappa shape index (κ3) is 2.50. The second-order valence-electron chi connectivity index (χ2n) is 11.2. The van der Waals surface area contributed by atoms with Gasteiger partial charge in [-0.15, -0.1) is 0 Å². The molecule has 0 saturated carbocycles. The Labute approximate surface area is 176 Å². The molecule has 6 fully saturated rings. The van der Waals surface area contributed by atoms with Crippen molar-refractivity contribution in [1.82, 2.24) is 31.9 Å². The summed E-state index contributed by atoms with van der Waals surface area (Å²) >= 11 is 0. The first kappa shape index (κ1) is 19.4. The molecular formula is C23H42N6. The van der Waals surface area contributed by atoms with E-state index in [-0.39, 0.29) is 22.2 Å². The molecule has 0 radical (unpaired) electrons. The molecule has 6 heteroatoms. The van der Waals surface area contributed by atoms with Crippen LogP contribution >= 0.6 is 0 Å². The summed E-state index contributed by atoms with van der Waals surface area (Å²) in [5, 5.41) is 24.6. The van der Waals surface area contributed by atoms with Crippen LogP contribution in [0.5, 0.6) is 0 Å². The lowest BCUT2D eigenvalue weighted by Gasteiger charge is -2.66. The van der Waals surface area contributed by atoms with Gasteiger partial charge in [0.25, 0.3) is 0 Å². The van der Waals surface area contributed by atoms with Crippen molar-refractivity contribution in [1.29, 1.82) is 0 Å². The van der Waals surface area contributed by atoms with E-state index in [9.17, 15) is 0 Å². The Kier molecular flexibility index (Phi) is 4.61. The summed E-state index contributed by atoms with van der Waals surface area (Å²) in [6, 6.07) is 1.97. The first-order valence-corrected chi connectivity index (χ1v) is 12.7. The smallest absolute Gasteiger partial charge is 0.0583 e. The van der Waals surface area contributed by atoms with Crippen LogP contribution in [0.3, 0.4) is 0 Å². The van der Waals surface area contributed by atoms with E-state index in [0.29, 0.717) is 18.1 Å². The maximum atomic E-state index is 4.33. The summed E-state index contributed by atoms with van der Waals surface area (Å²) in [5.41, 5.74) is 0.632. The lowest BCUT2D eigenvalue weighted by atomic mass is 9.54. The van der Waals surface area contributed by atoms with Crippen molar-refractivity contribution >= 4 is 0 Å². The van der Waals surface area contributed by atoms with Crippen molar-refractivity contribution < 1.29 is 0 Å². The monoisotopic (exact) mass is 402 g/mol. The summed E-state index contributed by atoms with van der Waals surface area (Å²) in [5.74, 6) is 0. The Morgan fingerprint density at radius 2 is 1.45 bits per heavy atom. The van der Waals surface area contributed by atoms with Crippen LogP contribution in [0.25, 0.3) is 0 Å². The molecule has 6 saturated heterocycles. The molecule has 6 aliphatic rings. The number of unbranched alkanes of at least 4 members (excludes halogenated alkanes) is 4. The van der Waals surface area contributed by atoms with Crippen molar-refractivity contribution in [3.8, 4) is 0 Å². The maximum Gasteiger partial charge on any atom is 0.0583 e. The third-order valence-electron chi connectivity index (χ3n) is 9.93. The molecule has 0 aromatic rings. The van der Waals surface area contributed by atoms with E-state index in [1.54, 1.807) is 0 Å². The van der Waals surface area contributed by atoms with Crippen LogP contribution in [0.1, 0.15) is 71.1 Å². The van der Waals surface area contributed by atoms with Gasteiger partial charge in [0.15, 0.2) is 0 Å². The molecule has 164 valence electrons. The molecule has 6 aliphatic heterocycles. The SMILES string of the molecule is CCCCCCCC1(C23CNC(CN2)C3)NCC2CC[C@@]1(C13CN[C@H](CN1)C3)N2. The fourth-order valence-electron chi connectivity index (χ4n) is 8.63. The highest BCUT2D eigenvalue weighted by molar-refractivity contribution is 5.39. The summed E-state index contributed by atoms with van der Waals surface area (Å²) in [6.45, 7) is 7.99. The van der Waals surface area contributed by atoms with Crippen LogP contribution in [0.15, 0.2) is 0 Å². The lowest BCUT2D eigenvalue weighted by molar-refractivity contribution is -0.0323. The van der Waals surface area contributed by atoms with Crippen molar-refractivity contribution in [2.45, 2.75) is 111 Å². The number of piperazine rings is 3. The van der Waals surface area contributed by atoms with Crippen molar-refractivity contribution in [2.75, 3.05) is 32.7 Å². The van der Waals surface area contributed by atoms with Gasteiger partial charge in [-0.3, -0.25) is 0 Å². The molecule has 0 aromatic heterocycles. The van der Waals surface area contributed by atoms with Gasteiger partial charge in [0.05, 0.1) is 22.2 Å². The predicted octanol–water partition coefficient (Wildman–Crippen LogP) is 0.588. The fourth-order valence-corrected chi connectivity index (χ4v) is 8.63. The van der Waals surface area contributed by atoms with Crippen molar-refractivity contribution in [3.05, 3.63) is 0 Å². The molecule has 6 bridgehead atoms. The fraction of sp³-hybridized carbons (Fsp3) is 1.00. The quantitative estimate of drug-likeness (QED) is 0.334. The topological polar surface area (TPSA) is 72.2 Å². The Hall–Kier alpha value is -0.240. The molecule has 0 amide bonds. The zero-order valence-corrected chi connectivity index (χ0v) is 18.3. The molecule has 6 nitrogen and oxygen atoms in total. The van der Waals surface area contributed by atoms with E-state index < -0.39 is 0 Å². The number of hydrogen-bond acceptors (Lipinski definition) is 6. The minimum Gasteiger partial charge on any atom is -0.311 e.